The molecule has 0 spiro atoms. The predicted octanol–water partition coefficient (Wildman–Crippen LogP) is 5.31. The lowest BCUT2D eigenvalue weighted by Gasteiger charge is -2.53. The van der Waals surface area contributed by atoms with E-state index in [1.807, 2.05) is 14.0 Å². The van der Waals surface area contributed by atoms with Crippen molar-refractivity contribution in [2.24, 2.45) is 18.9 Å². The molecule has 3 aromatic heterocycles. The first kappa shape index (κ1) is 44.0. The summed E-state index contributed by atoms with van der Waals surface area (Å²) >= 11 is 0. The standard InChI is InChI=1S/C50H56FN11O6/c1-28-5-4-16-68-49-37(22-52-57(49)3)40-19-32(17-29(2)53-40)45(64)56-50-54-39-9-6-31(18-43(39)61(50)23-28)24-58-14-12-30(13-15-58)25-59-26-34-8-7-33(59)27-60(34)42-21-36-35(20-38(42)51)47(66)62(48(36)67)41-10-11-44(63)55-46(41)65/h6,9,17-22,28,30,33-34,41H,4-5,7-8,10-16,23-27H2,1-3H3,(H,54,56,64)(H,55,63,65)/t28-,33?,34?,41?/m1/s1. The summed E-state index contributed by atoms with van der Waals surface area (Å²) in [7, 11) is 1.85. The summed E-state index contributed by atoms with van der Waals surface area (Å²) in [4.78, 5) is 82.8. The topological polar surface area (TPSA) is 180 Å². The molecule has 2 N–H and O–H groups in total. The van der Waals surface area contributed by atoms with E-state index in [1.54, 1.807) is 23.0 Å². The van der Waals surface area contributed by atoms with Crippen LogP contribution in [0.1, 0.15) is 101 Å². The summed E-state index contributed by atoms with van der Waals surface area (Å²) in [6, 6.07) is 11.9. The van der Waals surface area contributed by atoms with E-state index in [2.05, 4.69) is 60.1 Å². The smallest absolute Gasteiger partial charge is 0.262 e. The van der Waals surface area contributed by atoms with Gasteiger partial charge in [0.2, 0.25) is 23.6 Å². The van der Waals surface area contributed by atoms with Gasteiger partial charge in [-0.05, 0) is 119 Å². The molecule has 0 saturated carbocycles. The van der Waals surface area contributed by atoms with Gasteiger partial charge < -0.3 is 14.2 Å². The summed E-state index contributed by atoms with van der Waals surface area (Å²) < 4.78 is 26.0. The Labute approximate surface area is 393 Å². The average Bonchev–Trinajstić information content (AvgIpc) is 3.93. The van der Waals surface area contributed by atoms with Gasteiger partial charge in [0, 0.05) is 69.5 Å². The Morgan fingerprint density at radius 2 is 1.63 bits per heavy atom. The van der Waals surface area contributed by atoms with Gasteiger partial charge in [0.1, 0.15) is 11.9 Å². The van der Waals surface area contributed by atoms with E-state index in [9.17, 15) is 24.0 Å². The number of aromatic nitrogens is 5. The van der Waals surface area contributed by atoms with E-state index in [4.69, 9.17) is 14.7 Å². The summed E-state index contributed by atoms with van der Waals surface area (Å²) in [6.45, 7) is 10.5. The van der Waals surface area contributed by atoms with Gasteiger partial charge in [0.05, 0.1) is 51.9 Å². The Balaban J connectivity index is 0.732. The molecule has 7 aliphatic rings. The lowest BCUT2D eigenvalue weighted by Crippen LogP contribution is -2.63. The quantitative estimate of drug-likeness (QED) is 0.210. The third-order valence-electron chi connectivity index (χ3n) is 15.1. The van der Waals surface area contributed by atoms with Gasteiger partial charge in [-0.2, -0.15) is 5.10 Å². The normalized spacial score (nSPS) is 24.0. The van der Waals surface area contributed by atoms with Crippen LogP contribution in [0.3, 0.4) is 0 Å². The van der Waals surface area contributed by atoms with E-state index in [0.29, 0.717) is 60.1 Å². The Bertz CT molecular complexity index is 2890. The number of piperidine rings is 4. The van der Waals surface area contributed by atoms with E-state index in [0.717, 1.165) is 98.8 Å². The maximum Gasteiger partial charge on any atom is 0.262 e. The van der Waals surface area contributed by atoms with Crippen LogP contribution < -0.4 is 20.3 Å². The maximum atomic E-state index is 15.9. The molecule has 12 rings (SSSR count). The summed E-state index contributed by atoms with van der Waals surface area (Å²) in [6.07, 6.45) is 7.65. The second-order valence-corrected chi connectivity index (χ2v) is 19.8. The number of imide groups is 2. The van der Waals surface area contributed by atoms with Crippen LogP contribution in [0.4, 0.5) is 16.0 Å². The molecule has 354 valence electrons. The minimum atomic E-state index is -1.10. The zero-order valence-electron chi connectivity index (χ0n) is 38.7. The molecule has 0 radical (unpaired) electrons. The van der Waals surface area contributed by atoms with Gasteiger partial charge in [-0.15, -0.1) is 0 Å². The third-order valence-corrected chi connectivity index (χ3v) is 15.1. The Kier molecular flexibility index (Phi) is 11.3. The zero-order valence-corrected chi connectivity index (χ0v) is 38.7. The molecule has 17 nitrogen and oxygen atoms in total. The van der Waals surface area contributed by atoms with Crippen LogP contribution in [0.25, 0.3) is 22.3 Å². The largest absolute Gasteiger partial charge is 0.477 e. The van der Waals surface area contributed by atoms with Crippen LogP contribution in [0, 0.1) is 24.6 Å². The van der Waals surface area contributed by atoms with Crippen LogP contribution in [0.5, 0.6) is 5.88 Å². The highest BCUT2D eigenvalue weighted by molar-refractivity contribution is 6.23. The van der Waals surface area contributed by atoms with Gasteiger partial charge in [-0.3, -0.25) is 54.3 Å². The number of anilines is 2. The molecule has 3 unspecified atom stereocenters. The van der Waals surface area contributed by atoms with Crippen molar-refractivity contribution < 1.29 is 33.1 Å². The highest BCUT2D eigenvalue weighted by atomic mass is 19.1. The number of carbonyl (C=O) groups is 5. The van der Waals surface area contributed by atoms with Crippen molar-refractivity contribution >= 4 is 52.2 Å². The van der Waals surface area contributed by atoms with Crippen molar-refractivity contribution in [1.29, 1.82) is 0 Å². The fourth-order valence-corrected chi connectivity index (χ4v) is 11.5. The van der Waals surface area contributed by atoms with Crippen LogP contribution >= 0.6 is 0 Å². The van der Waals surface area contributed by atoms with Crippen molar-refractivity contribution in [3.05, 3.63) is 82.4 Å². The second kappa shape index (κ2) is 17.5. The molecule has 5 saturated heterocycles. The van der Waals surface area contributed by atoms with Gasteiger partial charge in [-0.25, -0.2) is 14.1 Å². The van der Waals surface area contributed by atoms with Gasteiger partial charge in [0.15, 0.2) is 0 Å². The number of nitrogens with one attached hydrogen (secondary N) is 2. The SMILES string of the molecule is Cc1cc2cc(n1)-c1cnn(C)c1OCCC[C@@H](C)Cn1c(nc3ccc(CN4CCC(CN5CC6CCC5CN6c5cc6c(cc5F)C(=O)N(C5CCC(=O)NC5=O)C6=O)CC4)cc31)NC2=O. The van der Waals surface area contributed by atoms with Crippen molar-refractivity contribution in [3.8, 4) is 17.1 Å². The monoisotopic (exact) mass is 925 g/mol. The number of aryl methyl sites for hydroxylation is 2. The number of likely N-dealkylation sites (tertiary alicyclic amines) is 1. The summed E-state index contributed by atoms with van der Waals surface area (Å²) in [5, 5.41) is 9.78. The maximum absolute atomic E-state index is 15.9. The first-order chi connectivity index (χ1) is 32.8. The van der Waals surface area contributed by atoms with Crippen LogP contribution in [-0.2, 0) is 29.7 Å². The first-order valence-electron chi connectivity index (χ1n) is 24.1. The number of carbonyl (C=O) groups excluding carboxylic acids is 5. The number of ether oxygens (including phenoxy) is 1. The van der Waals surface area contributed by atoms with E-state index in [-0.39, 0.29) is 47.9 Å². The van der Waals surface area contributed by atoms with Crippen molar-refractivity contribution in [2.75, 3.05) is 49.5 Å². The number of pyridine rings is 1. The second-order valence-electron chi connectivity index (χ2n) is 19.8. The molecule has 5 fully saturated rings. The van der Waals surface area contributed by atoms with Gasteiger partial charge >= 0.3 is 0 Å². The number of amides is 5. The number of hydrogen-bond donors (Lipinski definition) is 2. The lowest BCUT2D eigenvalue weighted by atomic mass is 9.87. The number of fused-ring (bicyclic) bond motifs is 11. The molecule has 2 aromatic carbocycles. The molecule has 4 bridgehead atoms. The summed E-state index contributed by atoms with van der Waals surface area (Å²) in [5.41, 5.74) is 5.97. The predicted molar refractivity (Wildman–Crippen MR) is 250 cm³/mol. The van der Waals surface area contributed by atoms with E-state index >= 15 is 4.39 Å². The van der Waals surface area contributed by atoms with Gasteiger partial charge in [-0.1, -0.05) is 13.0 Å². The number of halogens is 1. The molecule has 0 aliphatic carbocycles. The minimum absolute atomic E-state index is 0.0213. The van der Waals surface area contributed by atoms with Crippen molar-refractivity contribution in [2.45, 2.75) is 96.4 Å². The number of rotatable bonds is 6. The summed E-state index contributed by atoms with van der Waals surface area (Å²) in [5.74, 6) is -1.30. The highest BCUT2D eigenvalue weighted by Gasteiger charge is 2.47. The molecule has 7 aliphatic heterocycles. The first-order valence-corrected chi connectivity index (χ1v) is 24.1. The van der Waals surface area contributed by atoms with Crippen LogP contribution in [0.2, 0.25) is 0 Å². The molecule has 5 aromatic rings. The zero-order chi connectivity index (χ0) is 47.0. The fraction of sp³-hybridized carbons (Fsp3) is 0.480. The lowest BCUT2D eigenvalue weighted by molar-refractivity contribution is -0.136. The molecule has 5 amide bonds. The third kappa shape index (κ3) is 8.10. The van der Waals surface area contributed by atoms with E-state index in [1.165, 1.54) is 11.6 Å². The Morgan fingerprint density at radius 1 is 0.838 bits per heavy atom. The number of nitrogens with zero attached hydrogens (tertiary/aromatic N) is 9. The number of benzene rings is 2. The molecular weight excluding hydrogens is 870 g/mol. The highest BCUT2D eigenvalue weighted by Crippen LogP contribution is 2.39. The van der Waals surface area contributed by atoms with Crippen molar-refractivity contribution in [1.82, 2.24) is 44.3 Å². The molecule has 4 atom stereocenters. The number of imidazole rings is 1. The number of piperazine rings is 1. The molecular formula is C50H56FN11O6. The molecule has 10 heterocycles. The number of hydrogen-bond acceptors (Lipinski definition) is 12. The minimum Gasteiger partial charge on any atom is -0.477 e. The van der Waals surface area contributed by atoms with E-state index < -0.39 is 35.5 Å². The van der Waals surface area contributed by atoms with Crippen LogP contribution in [-0.4, -0.2) is 126 Å². The Hall–Kier alpha value is -6.53. The average molecular weight is 926 g/mol. The van der Waals surface area contributed by atoms with Crippen LogP contribution in [0.15, 0.2) is 48.7 Å². The molecule has 68 heavy (non-hydrogen) atoms. The Morgan fingerprint density at radius 3 is 2.41 bits per heavy atom. The molecule has 18 heteroatoms. The van der Waals surface area contributed by atoms with Crippen molar-refractivity contribution in [3.63, 3.8) is 0 Å². The van der Waals surface area contributed by atoms with Gasteiger partial charge in [0.25, 0.3) is 17.7 Å². The fourth-order valence-electron chi connectivity index (χ4n) is 11.5.